The van der Waals surface area contributed by atoms with Crippen LogP contribution in [0.4, 0.5) is 27.7 Å². The zero-order chi connectivity index (χ0) is 26.1. The summed E-state index contributed by atoms with van der Waals surface area (Å²) < 4.78 is 19.2. The van der Waals surface area contributed by atoms with Crippen molar-refractivity contribution in [2.24, 2.45) is 0 Å². The van der Waals surface area contributed by atoms with Gasteiger partial charge in [0.15, 0.2) is 5.58 Å². The predicted molar refractivity (Wildman–Crippen MR) is 136 cm³/mol. The Labute approximate surface area is 213 Å². The number of aryl methyl sites for hydroxylation is 1. The maximum atomic E-state index is 13.6. The molecule has 0 aliphatic heterocycles. The fraction of sp³-hybridized carbons (Fsp3) is 0.0400. The highest BCUT2D eigenvalue weighted by atomic mass is 35.5. The van der Waals surface area contributed by atoms with Crippen LogP contribution in [0.5, 0.6) is 0 Å². The quantitative estimate of drug-likeness (QED) is 0.198. The fourth-order valence-electron chi connectivity index (χ4n) is 3.67. The van der Waals surface area contributed by atoms with Crippen LogP contribution in [0.1, 0.15) is 16.1 Å². The lowest BCUT2D eigenvalue weighted by atomic mass is 10.0. The standard InChI is InChI=1S/C25H16ClFN6O4/c1-13-21(23(34)29-15-9-10-18(27)17(26)12-15)22(14-5-4-6-16(11-14)33(35)36)31-24(28-13)32-25-30-19-7-2-3-8-20(19)37-25/h2-12H,1H3,(H,29,34)(H,28,30,31,32). The molecule has 2 N–H and O–H groups in total. The van der Waals surface area contributed by atoms with Crippen molar-refractivity contribution in [1.29, 1.82) is 0 Å². The van der Waals surface area contributed by atoms with Gasteiger partial charge in [0.2, 0.25) is 5.95 Å². The molecule has 3 aromatic carbocycles. The summed E-state index contributed by atoms with van der Waals surface area (Å²) in [7, 11) is 0. The monoisotopic (exact) mass is 518 g/mol. The molecule has 0 atom stereocenters. The molecule has 2 heterocycles. The zero-order valence-electron chi connectivity index (χ0n) is 19.0. The van der Waals surface area contributed by atoms with Crippen LogP contribution in [0.15, 0.2) is 71.1 Å². The summed E-state index contributed by atoms with van der Waals surface area (Å²) in [6, 6.07) is 16.7. The molecule has 10 nitrogen and oxygen atoms in total. The minimum Gasteiger partial charge on any atom is -0.423 e. The van der Waals surface area contributed by atoms with Crippen LogP contribution in [-0.4, -0.2) is 25.8 Å². The molecule has 184 valence electrons. The maximum Gasteiger partial charge on any atom is 0.302 e. The maximum absolute atomic E-state index is 13.6. The predicted octanol–water partition coefficient (Wildman–Crippen LogP) is 6.29. The van der Waals surface area contributed by atoms with Crippen molar-refractivity contribution in [3.05, 3.63) is 98.9 Å². The first-order chi connectivity index (χ1) is 17.8. The Kier molecular flexibility index (Phi) is 6.20. The molecule has 0 aliphatic carbocycles. The molecule has 2 aromatic heterocycles. The summed E-state index contributed by atoms with van der Waals surface area (Å²) in [5.41, 5.74) is 1.99. The van der Waals surface area contributed by atoms with Crippen LogP contribution < -0.4 is 10.6 Å². The first-order valence-electron chi connectivity index (χ1n) is 10.8. The number of rotatable bonds is 6. The number of nitro benzene ring substituents is 1. The number of carbonyl (C=O) groups excluding carboxylic acids is 1. The average molecular weight is 519 g/mol. The van der Waals surface area contributed by atoms with Gasteiger partial charge in [0.25, 0.3) is 11.6 Å². The number of aromatic nitrogens is 3. The summed E-state index contributed by atoms with van der Waals surface area (Å²) in [4.78, 5) is 37.3. The lowest BCUT2D eigenvalue weighted by Gasteiger charge is -2.14. The van der Waals surface area contributed by atoms with Crippen molar-refractivity contribution in [2.75, 3.05) is 10.6 Å². The van der Waals surface area contributed by atoms with Crippen LogP contribution in [0.3, 0.4) is 0 Å². The minimum absolute atomic E-state index is 0.0593. The Morgan fingerprint density at radius 2 is 1.86 bits per heavy atom. The van der Waals surface area contributed by atoms with E-state index in [1.54, 1.807) is 31.2 Å². The number of halogens is 2. The molecular formula is C25H16ClFN6O4. The Morgan fingerprint density at radius 1 is 1.05 bits per heavy atom. The van der Waals surface area contributed by atoms with Crippen LogP contribution in [0.2, 0.25) is 5.02 Å². The average Bonchev–Trinajstić information content (AvgIpc) is 3.28. The summed E-state index contributed by atoms with van der Waals surface area (Å²) in [6.45, 7) is 1.59. The van der Waals surface area contributed by atoms with Crippen LogP contribution in [-0.2, 0) is 0 Å². The van der Waals surface area contributed by atoms with Crippen LogP contribution in [0, 0.1) is 22.9 Å². The number of hydrogen-bond acceptors (Lipinski definition) is 8. The van der Waals surface area contributed by atoms with Crippen molar-refractivity contribution < 1.29 is 18.5 Å². The molecule has 0 unspecified atom stereocenters. The molecule has 0 aliphatic rings. The second-order valence-corrected chi connectivity index (χ2v) is 8.27. The molecule has 0 bridgehead atoms. The van der Waals surface area contributed by atoms with E-state index in [4.69, 9.17) is 16.0 Å². The van der Waals surface area contributed by atoms with Gasteiger partial charge in [-0.1, -0.05) is 35.9 Å². The number of hydrogen-bond donors (Lipinski definition) is 2. The van der Waals surface area contributed by atoms with E-state index in [2.05, 4.69) is 25.6 Å². The van der Waals surface area contributed by atoms with E-state index in [1.807, 2.05) is 6.07 Å². The van der Waals surface area contributed by atoms with E-state index in [0.29, 0.717) is 16.7 Å². The molecule has 0 spiro atoms. The van der Waals surface area contributed by atoms with E-state index in [9.17, 15) is 19.3 Å². The normalized spacial score (nSPS) is 10.9. The summed E-state index contributed by atoms with van der Waals surface area (Å²) >= 11 is 5.84. The van der Waals surface area contributed by atoms with Gasteiger partial charge in [0.1, 0.15) is 11.3 Å². The molecule has 12 heteroatoms. The number of nitrogens with one attached hydrogen (secondary N) is 2. The summed E-state index contributed by atoms with van der Waals surface area (Å²) in [6.07, 6.45) is 0. The number of anilines is 3. The van der Waals surface area contributed by atoms with Gasteiger partial charge in [-0.25, -0.2) is 14.4 Å². The van der Waals surface area contributed by atoms with E-state index < -0.39 is 16.6 Å². The van der Waals surface area contributed by atoms with Crippen molar-refractivity contribution in [3.8, 4) is 11.3 Å². The molecule has 0 fully saturated rings. The highest BCUT2D eigenvalue weighted by Gasteiger charge is 2.22. The largest absolute Gasteiger partial charge is 0.423 e. The second-order valence-electron chi connectivity index (χ2n) is 7.86. The third-order valence-corrected chi connectivity index (χ3v) is 5.63. The molecule has 5 rings (SSSR count). The molecule has 0 saturated heterocycles. The lowest BCUT2D eigenvalue weighted by Crippen LogP contribution is -2.17. The number of carbonyl (C=O) groups is 1. The molecule has 5 aromatic rings. The fourth-order valence-corrected chi connectivity index (χ4v) is 3.85. The van der Waals surface area contributed by atoms with Gasteiger partial charge in [-0.2, -0.15) is 4.98 Å². The van der Waals surface area contributed by atoms with Gasteiger partial charge in [0, 0.05) is 23.4 Å². The summed E-state index contributed by atoms with van der Waals surface area (Å²) in [5, 5.41) is 16.8. The highest BCUT2D eigenvalue weighted by molar-refractivity contribution is 6.31. The number of benzene rings is 3. The number of nitro groups is 1. The number of amides is 1. The van der Waals surface area contributed by atoms with E-state index in [0.717, 1.165) is 6.07 Å². The van der Waals surface area contributed by atoms with Crippen molar-refractivity contribution in [2.45, 2.75) is 6.92 Å². The van der Waals surface area contributed by atoms with Gasteiger partial charge in [-0.15, -0.1) is 0 Å². The number of oxazole rings is 1. The van der Waals surface area contributed by atoms with E-state index in [-0.39, 0.29) is 45.3 Å². The smallest absolute Gasteiger partial charge is 0.302 e. The number of para-hydroxylation sites is 2. The Balaban J connectivity index is 1.58. The number of fused-ring (bicyclic) bond motifs is 1. The number of nitrogens with zero attached hydrogens (tertiary/aromatic N) is 4. The number of non-ortho nitro benzene ring substituents is 1. The van der Waals surface area contributed by atoms with Crippen molar-refractivity contribution in [3.63, 3.8) is 0 Å². The highest BCUT2D eigenvalue weighted by Crippen LogP contribution is 2.30. The molecular weight excluding hydrogens is 503 g/mol. The van der Waals surface area contributed by atoms with Crippen LogP contribution in [0.25, 0.3) is 22.4 Å². The SMILES string of the molecule is Cc1nc(Nc2nc3ccccc3o2)nc(-c2cccc([N+](=O)[O-])c2)c1C(=O)Nc1ccc(F)c(Cl)c1. The van der Waals surface area contributed by atoms with E-state index >= 15 is 0 Å². The molecule has 0 saturated carbocycles. The van der Waals surface area contributed by atoms with Gasteiger partial charge in [0.05, 0.1) is 26.9 Å². The first kappa shape index (κ1) is 23.8. The van der Waals surface area contributed by atoms with Gasteiger partial charge in [-0.05, 0) is 37.3 Å². The zero-order valence-corrected chi connectivity index (χ0v) is 19.8. The van der Waals surface area contributed by atoms with Crippen molar-refractivity contribution >= 4 is 51.9 Å². The topological polar surface area (TPSA) is 136 Å². The lowest BCUT2D eigenvalue weighted by molar-refractivity contribution is -0.384. The minimum atomic E-state index is -0.633. The van der Waals surface area contributed by atoms with Crippen molar-refractivity contribution in [1.82, 2.24) is 15.0 Å². The Bertz CT molecular complexity index is 1660. The molecule has 1 amide bonds. The van der Waals surface area contributed by atoms with Gasteiger partial charge >= 0.3 is 6.01 Å². The van der Waals surface area contributed by atoms with E-state index in [1.165, 1.54) is 30.3 Å². The van der Waals surface area contributed by atoms with Gasteiger partial charge < -0.3 is 9.73 Å². The first-order valence-corrected chi connectivity index (χ1v) is 11.2. The molecule has 37 heavy (non-hydrogen) atoms. The van der Waals surface area contributed by atoms with Gasteiger partial charge in [-0.3, -0.25) is 20.2 Å². The Morgan fingerprint density at radius 3 is 2.62 bits per heavy atom. The Hall–Kier alpha value is -4.90. The third kappa shape index (κ3) is 4.93. The summed E-state index contributed by atoms with van der Waals surface area (Å²) in [5.74, 6) is -1.19. The van der Waals surface area contributed by atoms with Crippen LogP contribution >= 0.6 is 11.6 Å². The third-order valence-electron chi connectivity index (χ3n) is 5.34. The second kappa shape index (κ2) is 9.63. The molecule has 0 radical (unpaired) electrons.